The van der Waals surface area contributed by atoms with Gasteiger partial charge in [-0.1, -0.05) is 54.1 Å². The highest BCUT2D eigenvalue weighted by atomic mass is 35.5. The monoisotopic (exact) mass is 272 g/mol. The molecule has 0 aromatic heterocycles. The molecule has 3 rings (SSSR count). The van der Waals surface area contributed by atoms with Gasteiger partial charge in [-0.2, -0.15) is 0 Å². The first-order valence-electron chi connectivity index (χ1n) is 6.14. The number of hydrogen-bond acceptors (Lipinski definition) is 2. The normalized spacial score (nSPS) is 25.1. The Kier molecular flexibility index (Phi) is 2.92. The van der Waals surface area contributed by atoms with Crippen molar-refractivity contribution in [3.05, 3.63) is 70.2 Å². The maximum Gasteiger partial charge on any atom is 0.154 e. The van der Waals surface area contributed by atoms with E-state index in [1.807, 2.05) is 55.5 Å². The summed E-state index contributed by atoms with van der Waals surface area (Å²) < 4.78 is 5.74. The van der Waals surface area contributed by atoms with Crippen molar-refractivity contribution in [2.45, 2.75) is 18.6 Å². The standard InChI is InChI=1S/C16H13ClO2/c1-11-6-2-3-7-12(11)16(15(10-18)19-16)13-8-4-5-9-14(13)17/h2-10,15H,1H3. The van der Waals surface area contributed by atoms with Gasteiger partial charge in [-0.15, -0.1) is 0 Å². The Morgan fingerprint density at radius 1 is 1.11 bits per heavy atom. The van der Waals surface area contributed by atoms with Crippen LogP contribution in [0, 0.1) is 6.92 Å². The first-order chi connectivity index (χ1) is 9.20. The van der Waals surface area contributed by atoms with E-state index in [1.54, 1.807) is 0 Å². The fraction of sp³-hybridized carbons (Fsp3) is 0.188. The molecule has 0 bridgehead atoms. The minimum atomic E-state index is -0.717. The van der Waals surface area contributed by atoms with Gasteiger partial charge in [-0.05, 0) is 24.1 Å². The van der Waals surface area contributed by atoms with Crippen molar-refractivity contribution in [2.24, 2.45) is 0 Å². The Hall–Kier alpha value is -1.64. The summed E-state index contributed by atoms with van der Waals surface area (Å²) in [5, 5.41) is 0.620. The number of carbonyl (C=O) groups is 1. The van der Waals surface area contributed by atoms with E-state index in [1.165, 1.54) is 0 Å². The highest BCUT2D eigenvalue weighted by Gasteiger charge is 2.60. The molecule has 3 heteroatoms. The van der Waals surface area contributed by atoms with Crippen LogP contribution in [0.5, 0.6) is 0 Å². The molecule has 1 heterocycles. The van der Waals surface area contributed by atoms with E-state index in [-0.39, 0.29) is 0 Å². The van der Waals surface area contributed by atoms with Crippen LogP contribution in [0.25, 0.3) is 0 Å². The largest absolute Gasteiger partial charge is 0.348 e. The summed E-state index contributed by atoms with van der Waals surface area (Å²) in [6.45, 7) is 2.01. The predicted octanol–water partition coefficient (Wildman–Crippen LogP) is 3.49. The number of ether oxygens (including phenoxy) is 1. The van der Waals surface area contributed by atoms with Crippen LogP contribution < -0.4 is 0 Å². The number of epoxide rings is 1. The van der Waals surface area contributed by atoms with Crippen LogP contribution in [0.1, 0.15) is 16.7 Å². The summed E-state index contributed by atoms with van der Waals surface area (Å²) in [6, 6.07) is 15.4. The Labute approximate surface area is 117 Å². The second-order valence-electron chi connectivity index (χ2n) is 4.70. The number of benzene rings is 2. The van der Waals surface area contributed by atoms with E-state index < -0.39 is 11.7 Å². The van der Waals surface area contributed by atoms with Crippen LogP contribution in [0.15, 0.2) is 48.5 Å². The third-order valence-corrected chi connectivity index (χ3v) is 3.93. The van der Waals surface area contributed by atoms with Gasteiger partial charge in [0, 0.05) is 10.6 Å². The zero-order valence-corrected chi connectivity index (χ0v) is 11.2. The van der Waals surface area contributed by atoms with E-state index >= 15 is 0 Å². The minimum Gasteiger partial charge on any atom is -0.348 e. The molecule has 0 saturated carbocycles. The van der Waals surface area contributed by atoms with Crippen LogP contribution in [-0.4, -0.2) is 12.4 Å². The van der Waals surface area contributed by atoms with E-state index in [2.05, 4.69) is 0 Å². The molecule has 1 aliphatic rings. The average Bonchev–Trinajstić information content (AvgIpc) is 3.15. The van der Waals surface area contributed by atoms with Crippen LogP contribution in [0.4, 0.5) is 0 Å². The summed E-state index contributed by atoms with van der Waals surface area (Å²) in [5.41, 5.74) is 2.22. The molecule has 0 spiro atoms. The van der Waals surface area contributed by atoms with Crippen LogP contribution >= 0.6 is 11.6 Å². The number of rotatable bonds is 3. The van der Waals surface area contributed by atoms with Gasteiger partial charge < -0.3 is 9.53 Å². The molecule has 1 aliphatic heterocycles. The summed E-state index contributed by atoms with van der Waals surface area (Å²) >= 11 is 6.28. The summed E-state index contributed by atoms with van der Waals surface area (Å²) in [7, 11) is 0. The van der Waals surface area contributed by atoms with Crippen molar-refractivity contribution >= 4 is 17.9 Å². The zero-order valence-electron chi connectivity index (χ0n) is 10.5. The third kappa shape index (κ3) is 1.79. The second-order valence-corrected chi connectivity index (χ2v) is 5.11. The van der Waals surface area contributed by atoms with Gasteiger partial charge in [0.1, 0.15) is 0 Å². The summed E-state index contributed by atoms with van der Waals surface area (Å²) in [6.07, 6.45) is 0.379. The maximum absolute atomic E-state index is 11.2. The number of halogens is 1. The van der Waals surface area contributed by atoms with Crippen LogP contribution in [0.2, 0.25) is 5.02 Å². The van der Waals surface area contributed by atoms with Crippen molar-refractivity contribution < 1.29 is 9.53 Å². The Balaban J connectivity index is 2.20. The first kappa shape index (κ1) is 12.4. The van der Waals surface area contributed by atoms with Crippen molar-refractivity contribution in [3.8, 4) is 0 Å². The van der Waals surface area contributed by atoms with E-state index in [4.69, 9.17) is 16.3 Å². The summed E-state index contributed by atoms with van der Waals surface area (Å²) in [5.74, 6) is 0. The van der Waals surface area contributed by atoms with Crippen molar-refractivity contribution in [2.75, 3.05) is 0 Å². The van der Waals surface area contributed by atoms with Crippen molar-refractivity contribution in [1.29, 1.82) is 0 Å². The third-order valence-electron chi connectivity index (χ3n) is 3.60. The molecule has 1 saturated heterocycles. The number of hydrogen-bond donors (Lipinski definition) is 0. The van der Waals surface area contributed by atoms with E-state index in [0.29, 0.717) is 5.02 Å². The first-order valence-corrected chi connectivity index (χ1v) is 6.52. The topological polar surface area (TPSA) is 29.6 Å². The Morgan fingerprint density at radius 2 is 1.74 bits per heavy atom. The lowest BCUT2D eigenvalue weighted by atomic mass is 9.85. The SMILES string of the molecule is Cc1ccccc1C1(c2ccccc2Cl)OC1C=O. The Morgan fingerprint density at radius 3 is 2.32 bits per heavy atom. The van der Waals surface area contributed by atoms with Gasteiger partial charge in [0.2, 0.25) is 0 Å². The molecule has 0 amide bonds. The molecule has 2 aromatic rings. The van der Waals surface area contributed by atoms with Gasteiger partial charge in [0.05, 0.1) is 0 Å². The van der Waals surface area contributed by atoms with E-state index in [9.17, 15) is 4.79 Å². The smallest absolute Gasteiger partial charge is 0.154 e. The molecule has 2 nitrogen and oxygen atoms in total. The molecule has 2 unspecified atom stereocenters. The molecule has 19 heavy (non-hydrogen) atoms. The van der Waals surface area contributed by atoms with Crippen molar-refractivity contribution in [3.63, 3.8) is 0 Å². The zero-order chi connectivity index (χ0) is 13.5. The quantitative estimate of drug-likeness (QED) is 0.632. The second kappa shape index (κ2) is 4.48. The molecule has 1 fully saturated rings. The molecule has 0 aliphatic carbocycles. The highest BCUT2D eigenvalue weighted by molar-refractivity contribution is 6.31. The van der Waals surface area contributed by atoms with E-state index in [0.717, 1.165) is 23.0 Å². The lowest BCUT2D eigenvalue weighted by Gasteiger charge is -2.17. The van der Waals surface area contributed by atoms with Gasteiger partial charge in [-0.25, -0.2) is 0 Å². The molecular formula is C16H13ClO2. The molecule has 96 valence electrons. The average molecular weight is 273 g/mol. The molecule has 2 aromatic carbocycles. The van der Waals surface area contributed by atoms with Crippen LogP contribution in [-0.2, 0) is 15.1 Å². The fourth-order valence-electron chi connectivity index (χ4n) is 2.62. The predicted molar refractivity (Wildman–Crippen MR) is 74.3 cm³/mol. The van der Waals surface area contributed by atoms with Crippen molar-refractivity contribution in [1.82, 2.24) is 0 Å². The van der Waals surface area contributed by atoms with Crippen LogP contribution in [0.3, 0.4) is 0 Å². The number of aryl methyl sites for hydroxylation is 1. The number of carbonyl (C=O) groups excluding carboxylic acids is 1. The number of aldehydes is 1. The molecular weight excluding hydrogens is 260 g/mol. The molecule has 2 atom stereocenters. The van der Waals surface area contributed by atoms with Gasteiger partial charge >= 0.3 is 0 Å². The Bertz CT molecular complexity index is 591. The lowest BCUT2D eigenvalue weighted by Crippen LogP contribution is -2.17. The lowest BCUT2D eigenvalue weighted by molar-refractivity contribution is -0.108. The van der Waals surface area contributed by atoms with Gasteiger partial charge in [0.15, 0.2) is 18.0 Å². The molecule has 0 radical (unpaired) electrons. The highest BCUT2D eigenvalue weighted by Crippen LogP contribution is 2.53. The van der Waals surface area contributed by atoms with Gasteiger partial charge in [0.25, 0.3) is 0 Å². The summed E-state index contributed by atoms with van der Waals surface area (Å²) in [4.78, 5) is 11.2. The van der Waals surface area contributed by atoms with Gasteiger partial charge in [-0.3, -0.25) is 0 Å². The maximum atomic E-state index is 11.2. The fourth-order valence-corrected chi connectivity index (χ4v) is 2.90. The molecule has 0 N–H and O–H groups in total. The minimum absolute atomic E-state index is 0.464.